The fourth-order valence-corrected chi connectivity index (χ4v) is 10.1. The van der Waals surface area contributed by atoms with Crippen molar-refractivity contribution in [3.8, 4) is 0 Å². The number of nitrogens with one attached hydrogen (secondary N) is 1. The van der Waals surface area contributed by atoms with Crippen LogP contribution < -0.4 is 5.32 Å². The first-order chi connectivity index (χ1) is 39.7. The highest BCUT2D eigenvalue weighted by Gasteiger charge is 2.47. The largest absolute Gasteiger partial charge is 0.454 e. The topological polar surface area (TPSA) is 175 Å². The molecule has 11 nitrogen and oxygen atoms in total. The molecule has 1 amide bonds. The fourth-order valence-electron chi connectivity index (χ4n) is 10.1. The number of ether oxygens (including phenoxy) is 3. The van der Waals surface area contributed by atoms with E-state index in [0.717, 1.165) is 77.0 Å². The van der Waals surface area contributed by atoms with Crippen LogP contribution in [0.2, 0.25) is 0 Å². The van der Waals surface area contributed by atoms with Crippen molar-refractivity contribution in [2.45, 2.75) is 333 Å². The van der Waals surface area contributed by atoms with Crippen molar-refractivity contribution in [2.24, 2.45) is 0 Å². The monoisotopic (exact) mass is 1140 g/mol. The number of carbonyl (C=O) groups is 2. The Kier molecular flexibility index (Phi) is 53.6. The van der Waals surface area contributed by atoms with Crippen LogP contribution in [0, 0.1) is 0 Å². The average molecular weight is 1140 g/mol. The molecule has 6 N–H and O–H groups in total. The number of esters is 1. The summed E-state index contributed by atoms with van der Waals surface area (Å²) in [5.41, 5.74) is 0. The summed E-state index contributed by atoms with van der Waals surface area (Å²) in [7, 11) is 0. The summed E-state index contributed by atoms with van der Waals surface area (Å²) in [4.78, 5) is 26.6. The molecule has 0 bridgehead atoms. The predicted octanol–water partition coefficient (Wildman–Crippen LogP) is 16.5. The molecule has 1 fully saturated rings. The maximum atomic E-state index is 13.4. The van der Waals surface area contributed by atoms with E-state index < -0.39 is 67.4 Å². The molecular weight excluding hydrogens is 1010 g/mol. The van der Waals surface area contributed by atoms with E-state index in [-0.39, 0.29) is 19.4 Å². The first-order valence-corrected chi connectivity index (χ1v) is 33.4. The fraction of sp³-hybridized carbons (Fsp3) is 0.771. The van der Waals surface area contributed by atoms with Gasteiger partial charge < -0.3 is 45.1 Å². The van der Waals surface area contributed by atoms with Crippen LogP contribution in [0.1, 0.15) is 284 Å². The van der Waals surface area contributed by atoms with Gasteiger partial charge in [-0.25, -0.2) is 0 Å². The second-order valence-electron chi connectivity index (χ2n) is 22.9. The van der Waals surface area contributed by atoms with Crippen LogP contribution in [0.25, 0.3) is 0 Å². The molecule has 0 aliphatic carbocycles. The lowest BCUT2D eigenvalue weighted by Gasteiger charge is -2.41. The van der Waals surface area contributed by atoms with Gasteiger partial charge in [0, 0.05) is 6.42 Å². The van der Waals surface area contributed by atoms with Gasteiger partial charge in [-0.2, -0.15) is 0 Å². The molecule has 8 unspecified atom stereocenters. The molecule has 8 atom stereocenters. The molecule has 0 saturated carbocycles. The van der Waals surface area contributed by atoms with Gasteiger partial charge in [0.05, 0.1) is 25.4 Å². The molecule has 1 heterocycles. The van der Waals surface area contributed by atoms with Crippen molar-refractivity contribution in [1.29, 1.82) is 0 Å². The van der Waals surface area contributed by atoms with E-state index >= 15 is 0 Å². The van der Waals surface area contributed by atoms with Crippen LogP contribution in [0.15, 0.2) is 85.1 Å². The van der Waals surface area contributed by atoms with E-state index in [0.29, 0.717) is 12.8 Å². The molecule has 468 valence electrons. The third-order valence-electron chi connectivity index (χ3n) is 15.4. The standard InChI is InChI=1S/C70H123NO10/c1-4-7-10-13-16-19-22-25-27-28-29-30-31-32-33-34-35-36-37-40-43-46-49-52-55-58-65(75)81-68-67(77)66(76)64(59-72)80-70(68)79-60-61(62(73)56-53-50-47-44-41-38-24-21-18-15-12-9-6-3)71-69(78)63(74)57-54-51-48-45-42-39-26-23-20-17-14-11-8-5-2/h8,11,14,16-17,19-20,23,25-27,39,53,56,61-64,66-68,70,72-74,76-77H,4-7,9-10,12-13,15,18,21-22,24,28-38,40-52,54-55,57-60H2,1-3H3,(H,71,78)/b11-8+,17-14+,19-16-,23-20+,27-25-,39-26-,56-53+. The Morgan fingerprint density at radius 3 is 1.46 bits per heavy atom. The van der Waals surface area contributed by atoms with Crippen LogP contribution in [-0.4, -0.2) is 99.6 Å². The van der Waals surface area contributed by atoms with Gasteiger partial charge in [0.25, 0.3) is 0 Å². The van der Waals surface area contributed by atoms with Gasteiger partial charge in [0.1, 0.15) is 24.4 Å². The van der Waals surface area contributed by atoms with Gasteiger partial charge in [0.2, 0.25) is 5.91 Å². The van der Waals surface area contributed by atoms with Crippen molar-refractivity contribution in [3.63, 3.8) is 0 Å². The van der Waals surface area contributed by atoms with Crippen molar-refractivity contribution in [1.82, 2.24) is 5.32 Å². The van der Waals surface area contributed by atoms with Crippen molar-refractivity contribution < 1.29 is 49.3 Å². The lowest BCUT2D eigenvalue weighted by molar-refractivity contribution is -0.305. The zero-order chi connectivity index (χ0) is 58.9. The highest BCUT2D eigenvalue weighted by molar-refractivity contribution is 5.80. The average Bonchev–Trinajstić information content (AvgIpc) is 3.46. The number of unbranched alkanes of at least 4 members (excludes halogenated alkanes) is 33. The maximum absolute atomic E-state index is 13.4. The van der Waals surface area contributed by atoms with Crippen LogP contribution in [0.3, 0.4) is 0 Å². The number of rotatable bonds is 56. The smallest absolute Gasteiger partial charge is 0.306 e. The lowest BCUT2D eigenvalue weighted by atomic mass is 9.99. The molecule has 81 heavy (non-hydrogen) atoms. The van der Waals surface area contributed by atoms with Gasteiger partial charge >= 0.3 is 5.97 Å². The Morgan fingerprint density at radius 1 is 0.506 bits per heavy atom. The summed E-state index contributed by atoms with van der Waals surface area (Å²) in [6, 6.07) is -1.04. The molecule has 0 spiro atoms. The van der Waals surface area contributed by atoms with Gasteiger partial charge in [-0.3, -0.25) is 9.59 Å². The summed E-state index contributed by atoms with van der Waals surface area (Å²) >= 11 is 0. The zero-order valence-corrected chi connectivity index (χ0v) is 51.9. The Bertz CT molecular complexity index is 1640. The number of allylic oxidation sites excluding steroid dienone is 13. The van der Waals surface area contributed by atoms with E-state index in [2.05, 4.69) is 62.5 Å². The van der Waals surface area contributed by atoms with Crippen LogP contribution in [0.5, 0.6) is 0 Å². The summed E-state index contributed by atoms with van der Waals surface area (Å²) in [5, 5.41) is 57.1. The zero-order valence-electron chi connectivity index (χ0n) is 51.9. The summed E-state index contributed by atoms with van der Waals surface area (Å²) in [6.45, 7) is 5.63. The molecule has 1 aliphatic heterocycles. The number of aliphatic hydroxyl groups excluding tert-OH is 5. The van der Waals surface area contributed by atoms with E-state index in [4.69, 9.17) is 14.2 Å². The molecule has 0 aromatic carbocycles. The Labute approximate surface area is 495 Å². The molecule has 1 saturated heterocycles. The van der Waals surface area contributed by atoms with Crippen LogP contribution in [0.4, 0.5) is 0 Å². The number of amides is 1. The Morgan fingerprint density at radius 2 is 0.938 bits per heavy atom. The normalized spacial score (nSPS) is 19.2. The number of hydrogen-bond acceptors (Lipinski definition) is 10. The molecule has 0 aromatic heterocycles. The van der Waals surface area contributed by atoms with Crippen molar-refractivity contribution in [3.05, 3.63) is 85.1 Å². The number of aliphatic hydroxyl groups is 5. The summed E-state index contributed by atoms with van der Waals surface area (Å²) in [6.07, 6.45) is 64.8. The van der Waals surface area contributed by atoms with Crippen molar-refractivity contribution in [2.75, 3.05) is 13.2 Å². The molecule has 1 rings (SSSR count). The minimum Gasteiger partial charge on any atom is -0.454 e. The van der Waals surface area contributed by atoms with E-state index in [1.807, 2.05) is 42.5 Å². The molecule has 11 heteroatoms. The third-order valence-corrected chi connectivity index (χ3v) is 15.4. The molecule has 0 aromatic rings. The Hall–Kier alpha value is -3.16. The van der Waals surface area contributed by atoms with Gasteiger partial charge in [0.15, 0.2) is 12.4 Å². The first kappa shape index (κ1) is 75.9. The Balaban J connectivity index is 2.60. The number of hydrogen-bond donors (Lipinski definition) is 6. The van der Waals surface area contributed by atoms with Gasteiger partial charge in [-0.1, -0.05) is 286 Å². The quantitative estimate of drug-likeness (QED) is 0.0149. The SMILES string of the molecule is CC/C=C/C=C/C=C/C=C\CCCCCCC(O)C(=O)NC(COC1OC(CO)C(O)C(O)C1OC(=O)CCCCCCCCCCCCCCCCC/C=C\C/C=C\CCCCC)C(O)/C=C/CCCCCCCCCCCCC. The van der Waals surface area contributed by atoms with Crippen molar-refractivity contribution >= 4 is 11.9 Å². The van der Waals surface area contributed by atoms with E-state index in [9.17, 15) is 35.1 Å². The van der Waals surface area contributed by atoms with Gasteiger partial charge in [-0.15, -0.1) is 0 Å². The highest BCUT2D eigenvalue weighted by atomic mass is 16.7. The van der Waals surface area contributed by atoms with E-state index in [1.165, 1.54) is 161 Å². The van der Waals surface area contributed by atoms with Crippen LogP contribution >= 0.6 is 0 Å². The molecular formula is C70H123NO10. The minimum atomic E-state index is -1.62. The second-order valence-corrected chi connectivity index (χ2v) is 22.9. The van der Waals surface area contributed by atoms with E-state index in [1.54, 1.807) is 6.08 Å². The lowest BCUT2D eigenvalue weighted by Crippen LogP contribution is -2.61. The predicted molar refractivity (Wildman–Crippen MR) is 338 cm³/mol. The number of carbonyl (C=O) groups excluding carboxylic acids is 2. The maximum Gasteiger partial charge on any atom is 0.306 e. The third kappa shape index (κ3) is 45.0. The molecule has 0 radical (unpaired) electrons. The summed E-state index contributed by atoms with van der Waals surface area (Å²) in [5.74, 6) is -1.22. The highest BCUT2D eigenvalue weighted by Crippen LogP contribution is 2.26. The van der Waals surface area contributed by atoms with Crippen LogP contribution in [-0.2, 0) is 23.8 Å². The molecule has 1 aliphatic rings. The minimum absolute atomic E-state index is 0.118. The second kappa shape index (κ2) is 57.3. The summed E-state index contributed by atoms with van der Waals surface area (Å²) < 4.78 is 17.7. The van der Waals surface area contributed by atoms with Gasteiger partial charge in [-0.05, 0) is 77.0 Å². The first-order valence-electron chi connectivity index (χ1n) is 33.4.